The van der Waals surface area contributed by atoms with Crippen LogP contribution >= 0.6 is 11.6 Å². The van der Waals surface area contributed by atoms with Gasteiger partial charge >= 0.3 is 6.18 Å². The third-order valence-electron chi connectivity index (χ3n) is 4.15. The SMILES string of the molecule is FC(F)(F)c1ccc(Nc2cc(-c3cccnc3)nc(NC3CC3)n2)c(Cl)c1. The number of aromatic nitrogens is 3. The van der Waals surface area contributed by atoms with Gasteiger partial charge in [0.15, 0.2) is 0 Å². The van der Waals surface area contributed by atoms with Crippen molar-refractivity contribution in [1.29, 1.82) is 0 Å². The Labute approximate surface area is 164 Å². The number of halogens is 4. The molecule has 1 aliphatic rings. The van der Waals surface area contributed by atoms with Gasteiger partial charge in [-0.15, -0.1) is 0 Å². The van der Waals surface area contributed by atoms with Crippen LogP contribution in [0.1, 0.15) is 18.4 Å². The molecule has 0 saturated heterocycles. The number of nitrogens with one attached hydrogen (secondary N) is 2. The molecule has 3 aromatic rings. The fourth-order valence-corrected chi connectivity index (χ4v) is 2.81. The Morgan fingerprint density at radius 2 is 1.89 bits per heavy atom. The van der Waals surface area contributed by atoms with Crippen molar-refractivity contribution in [1.82, 2.24) is 15.0 Å². The number of rotatable bonds is 5. The van der Waals surface area contributed by atoms with Crippen LogP contribution in [-0.4, -0.2) is 21.0 Å². The zero-order chi connectivity index (χ0) is 19.7. The van der Waals surface area contributed by atoms with Gasteiger partial charge in [0.25, 0.3) is 0 Å². The summed E-state index contributed by atoms with van der Waals surface area (Å²) in [6.45, 7) is 0. The molecule has 1 aromatic carbocycles. The second-order valence-corrected chi connectivity index (χ2v) is 6.85. The predicted octanol–water partition coefficient (Wildman–Crippen LogP) is 5.53. The Morgan fingerprint density at radius 1 is 1.07 bits per heavy atom. The molecule has 0 aliphatic heterocycles. The van der Waals surface area contributed by atoms with E-state index in [1.165, 1.54) is 6.07 Å². The predicted molar refractivity (Wildman–Crippen MR) is 102 cm³/mol. The summed E-state index contributed by atoms with van der Waals surface area (Å²) >= 11 is 6.04. The van der Waals surface area contributed by atoms with Crippen LogP contribution in [0.15, 0.2) is 48.8 Å². The molecule has 0 spiro atoms. The molecule has 0 bridgehead atoms. The molecule has 0 unspecified atom stereocenters. The molecule has 28 heavy (non-hydrogen) atoms. The Balaban J connectivity index is 1.67. The first kappa shape index (κ1) is 18.5. The van der Waals surface area contributed by atoms with Crippen molar-refractivity contribution in [2.75, 3.05) is 10.6 Å². The van der Waals surface area contributed by atoms with E-state index in [4.69, 9.17) is 11.6 Å². The number of alkyl halides is 3. The van der Waals surface area contributed by atoms with E-state index in [1.807, 2.05) is 6.07 Å². The summed E-state index contributed by atoms with van der Waals surface area (Å²) in [6.07, 6.45) is 0.987. The van der Waals surface area contributed by atoms with Gasteiger partial charge in [-0.25, -0.2) is 4.98 Å². The highest BCUT2D eigenvalue weighted by molar-refractivity contribution is 6.33. The summed E-state index contributed by atoms with van der Waals surface area (Å²) in [5.74, 6) is 0.855. The van der Waals surface area contributed by atoms with Gasteiger partial charge in [0.05, 0.1) is 22.0 Å². The molecule has 144 valence electrons. The minimum Gasteiger partial charge on any atom is -0.351 e. The van der Waals surface area contributed by atoms with E-state index in [0.717, 1.165) is 30.5 Å². The highest BCUT2D eigenvalue weighted by atomic mass is 35.5. The van der Waals surface area contributed by atoms with Crippen LogP contribution in [0.3, 0.4) is 0 Å². The van der Waals surface area contributed by atoms with Crippen molar-refractivity contribution in [3.63, 3.8) is 0 Å². The molecular weight excluding hydrogens is 391 g/mol. The monoisotopic (exact) mass is 405 g/mol. The van der Waals surface area contributed by atoms with Crippen molar-refractivity contribution >= 4 is 29.1 Å². The molecule has 1 aliphatic carbocycles. The van der Waals surface area contributed by atoms with Gasteiger partial charge in [0.1, 0.15) is 5.82 Å². The van der Waals surface area contributed by atoms with E-state index in [-0.39, 0.29) is 5.02 Å². The van der Waals surface area contributed by atoms with Crippen molar-refractivity contribution < 1.29 is 13.2 Å². The highest BCUT2D eigenvalue weighted by Crippen LogP contribution is 2.35. The number of anilines is 3. The first-order valence-electron chi connectivity index (χ1n) is 8.58. The van der Waals surface area contributed by atoms with Gasteiger partial charge in [0, 0.05) is 30.1 Å². The molecule has 2 aromatic heterocycles. The molecule has 0 amide bonds. The molecule has 0 atom stereocenters. The molecule has 5 nitrogen and oxygen atoms in total. The summed E-state index contributed by atoms with van der Waals surface area (Å²) < 4.78 is 38.5. The maximum absolute atomic E-state index is 12.8. The average Bonchev–Trinajstić information content (AvgIpc) is 3.47. The molecule has 2 heterocycles. The fourth-order valence-electron chi connectivity index (χ4n) is 2.58. The quantitative estimate of drug-likeness (QED) is 0.584. The van der Waals surface area contributed by atoms with Crippen LogP contribution in [0.2, 0.25) is 5.02 Å². The van der Waals surface area contributed by atoms with Crippen LogP contribution in [0.5, 0.6) is 0 Å². The van der Waals surface area contributed by atoms with Crippen molar-refractivity contribution in [2.24, 2.45) is 0 Å². The van der Waals surface area contributed by atoms with E-state index >= 15 is 0 Å². The maximum Gasteiger partial charge on any atom is 0.416 e. The summed E-state index contributed by atoms with van der Waals surface area (Å²) in [6, 6.07) is 8.84. The lowest BCUT2D eigenvalue weighted by Gasteiger charge is -2.13. The molecule has 1 saturated carbocycles. The van der Waals surface area contributed by atoms with Gasteiger partial charge in [-0.3, -0.25) is 4.98 Å². The first-order valence-corrected chi connectivity index (χ1v) is 8.96. The smallest absolute Gasteiger partial charge is 0.351 e. The third-order valence-corrected chi connectivity index (χ3v) is 4.47. The van der Waals surface area contributed by atoms with E-state index < -0.39 is 11.7 Å². The Hall–Kier alpha value is -2.87. The van der Waals surface area contributed by atoms with Crippen LogP contribution in [0.4, 0.5) is 30.6 Å². The molecule has 4 rings (SSSR count). The summed E-state index contributed by atoms with van der Waals surface area (Å²) in [5, 5.41) is 6.17. The minimum atomic E-state index is -4.45. The largest absolute Gasteiger partial charge is 0.416 e. The van der Waals surface area contributed by atoms with E-state index in [1.54, 1.807) is 24.5 Å². The van der Waals surface area contributed by atoms with Crippen LogP contribution in [0, 0.1) is 0 Å². The van der Waals surface area contributed by atoms with Crippen molar-refractivity contribution in [3.05, 3.63) is 59.4 Å². The zero-order valence-corrected chi connectivity index (χ0v) is 15.2. The Bertz CT molecular complexity index is 991. The number of pyridine rings is 1. The summed E-state index contributed by atoms with van der Waals surface area (Å²) in [5.41, 5.74) is 0.947. The van der Waals surface area contributed by atoms with Crippen molar-refractivity contribution in [3.8, 4) is 11.3 Å². The van der Waals surface area contributed by atoms with Crippen LogP contribution in [0.25, 0.3) is 11.3 Å². The Morgan fingerprint density at radius 3 is 2.54 bits per heavy atom. The second kappa shape index (κ2) is 7.27. The minimum absolute atomic E-state index is 0.0481. The standard InChI is InChI=1S/C19H15ClF3N5/c20-14-8-12(19(21,22)23)3-6-15(14)26-17-9-16(11-2-1-7-24-10-11)27-18(28-17)25-13-4-5-13/h1-3,6-10,13H,4-5H2,(H2,25,26,27,28). The lowest BCUT2D eigenvalue weighted by molar-refractivity contribution is -0.137. The topological polar surface area (TPSA) is 62.7 Å². The van der Waals surface area contributed by atoms with E-state index in [0.29, 0.717) is 29.2 Å². The first-order chi connectivity index (χ1) is 13.4. The number of benzene rings is 1. The van der Waals surface area contributed by atoms with Gasteiger partial charge < -0.3 is 10.6 Å². The normalized spacial score (nSPS) is 14.0. The Kier molecular flexibility index (Phi) is 4.80. The molecule has 2 N–H and O–H groups in total. The third kappa shape index (κ3) is 4.33. The summed E-state index contributed by atoms with van der Waals surface area (Å²) in [4.78, 5) is 13.0. The number of hydrogen-bond acceptors (Lipinski definition) is 5. The van der Waals surface area contributed by atoms with Crippen LogP contribution in [-0.2, 0) is 6.18 Å². The van der Waals surface area contributed by atoms with Crippen molar-refractivity contribution in [2.45, 2.75) is 25.1 Å². The maximum atomic E-state index is 12.8. The molecule has 0 radical (unpaired) electrons. The summed E-state index contributed by atoms with van der Waals surface area (Å²) in [7, 11) is 0. The lowest BCUT2D eigenvalue weighted by atomic mass is 10.2. The highest BCUT2D eigenvalue weighted by Gasteiger charge is 2.31. The zero-order valence-electron chi connectivity index (χ0n) is 14.5. The van der Waals surface area contributed by atoms with Gasteiger partial charge in [-0.1, -0.05) is 11.6 Å². The number of hydrogen-bond donors (Lipinski definition) is 2. The van der Waals surface area contributed by atoms with E-state index in [9.17, 15) is 13.2 Å². The molecule has 9 heteroatoms. The molecule has 1 fully saturated rings. The second-order valence-electron chi connectivity index (χ2n) is 6.44. The van der Waals surface area contributed by atoms with Crippen LogP contribution < -0.4 is 10.6 Å². The molecular formula is C19H15ClF3N5. The lowest BCUT2D eigenvalue weighted by Crippen LogP contribution is -2.08. The average molecular weight is 406 g/mol. The van der Waals surface area contributed by atoms with E-state index in [2.05, 4.69) is 25.6 Å². The van der Waals surface area contributed by atoms with Gasteiger partial charge in [0.2, 0.25) is 5.95 Å². The van der Waals surface area contributed by atoms with Gasteiger partial charge in [-0.2, -0.15) is 18.2 Å². The number of nitrogens with zero attached hydrogens (tertiary/aromatic N) is 3. The van der Waals surface area contributed by atoms with Gasteiger partial charge in [-0.05, 0) is 43.2 Å². The fraction of sp³-hybridized carbons (Fsp3) is 0.211.